The fraction of sp³-hybridized carbons (Fsp3) is 0.429. The molecule has 0 radical (unpaired) electrons. The SMILES string of the molecule is CN(C)c1ccc(C2C=CCCC2)cc1. The Labute approximate surface area is 92.4 Å². The van der Waals surface area contributed by atoms with Crippen LogP contribution in [0.15, 0.2) is 36.4 Å². The van der Waals surface area contributed by atoms with Crippen molar-refractivity contribution in [1.29, 1.82) is 0 Å². The van der Waals surface area contributed by atoms with E-state index in [2.05, 4.69) is 55.4 Å². The minimum Gasteiger partial charge on any atom is -0.378 e. The molecule has 0 saturated carbocycles. The zero-order chi connectivity index (χ0) is 10.7. The highest BCUT2D eigenvalue weighted by molar-refractivity contribution is 5.47. The number of rotatable bonds is 2. The van der Waals surface area contributed by atoms with Crippen LogP contribution in [0.5, 0.6) is 0 Å². The van der Waals surface area contributed by atoms with Crippen LogP contribution in [0, 0.1) is 0 Å². The normalized spacial score (nSPS) is 20.3. The van der Waals surface area contributed by atoms with Crippen molar-refractivity contribution in [2.45, 2.75) is 25.2 Å². The Bertz CT molecular complexity index is 335. The van der Waals surface area contributed by atoms with Gasteiger partial charge in [-0.15, -0.1) is 0 Å². The molecule has 80 valence electrons. The molecule has 0 aromatic heterocycles. The molecule has 1 aromatic rings. The smallest absolute Gasteiger partial charge is 0.0361 e. The third-order valence-electron chi connectivity index (χ3n) is 3.09. The molecule has 0 fully saturated rings. The van der Waals surface area contributed by atoms with Gasteiger partial charge >= 0.3 is 0 Å². The first-order valence-electron chi connectivity index (χ1n) is 5.71. The number of anilines is 1. The summed E-state index contributed by atoms with van der Waals surface area (Å²) in [6.07, 6.45) is 8.56. The van der Waals surface area contributed by atoms with Gasteiger partial charge in [0.05, 0.1) is 0 Å². The van der Waals surface area contributed by atoms with E-state index in [4.69, 9.17) is 0 Å². The van der Waals surface area contributed by atoms with Crippen LogP contribution in [-0.4, -0.2) is 14.1 Å². The molecule has 1 aromatic carbocycles. The molecular weight excluding hydrogens is 182 g/mol. The standard InChI is InChI=1S/C14H19N/c1-15(2)14-10-8-13(9-11-14)12-6-4-3-5-7-12/h4,6,8-12H,3,5,7H2,1-2H3. The Kier molecular flexibility index (Phi) is 3.10. The highest BCUT2D eigenvalue weighted by Gasteiger charge is 2.10. The largest absolute Gasteiger partial charge is 0.378 e. The van der Waals surface area contributed by atoms with E-state index in [0.717, 1.165) is 0 Å². The van der Waals surface area contributed by atoms with E-state index in [1.165, 1.54) is 30.5 Å². The molecule has 0 aliphatic heterocycles. The molecule has 1 heteroatoms. The van der Waals surface area contributed by atoms with Gasteiger partial charge in [0.2, 0.25) is 0 Å². The van der Waals surface area contributed by atoms with E-state index < -0.39 is 0 Å². The van der Waals surface area contributed by atoms with Gasteiger partial charge in [-0.3, -0.25) is 0 Å². The lowest BCUT2D eigenvalue weighted by atomic mass is 9.89. The maximum Gasteiger partial charge on any atom is 0.0361 e. The summed E-state index contributed by atoms with van der Waals surface area (Å²) in [6.45, 7) is 0. The van der Waals surface area contributed by atoms with Crippen molar-refractivity contribution in [3.05, 3.63) is 42.0 Å². The summed E-state index contributed by atoms with van der Waals surface area (Å²) in [5.74, 6) is 0.648. The van der Waals surface area contributed by atoms with Gasteiger partial charge in [-0.2, -0.15) is 0 Å². The molecule has 1 atom stereocenters. The van der Waals surface area contributed by atoms with Crippen molar-refractivity contribution in [3.63, 3.8) is 0 Å². The van der Waals surface area contributed by atoms with Crippen LogP contribution in [0.2, 0.25) is 0 Å². The van der Waals surface area contributed by atoms with Crippen LogP contribution in [0.3, 0.4) is 0 Å². The number of benzene rings is 1. The van der Waals surface area contributed by atoms with Gasteiger partial charge in [0, 0.05) is 25.7 Å². The summed E-state index contributed by atoms with van der Waals surface area (Å²) in [5, 5.41) is 0. The average Bonchev–Trinajstić information content (AvgIpc) is 2.30. The fourth-order valence-corrected chi connectivity index (χ4v) is 2.11. The molecule has 1 nitrogen and oxygen atoms in total. The van der Waals surface area contributed by atoms with Crippen molar-refractivity contribution >= 4 is 5.69 Å². The van der Waals surface area contributed by atoms with Gasteiger partial charge in [-0.1, -0.05) is 24.3 Å². The lowest BCUT2D eigenvalue weighted by molar-refractivity contribution is 0.654. The molecular formula is C14H19N. The van der Waals surface area contributed by atoms with E-state index in [-0.39, 0.29) is 0 Å². The van der Waals surface area contributed by atoms with E-state index in [0.29, 0.717) is 5.92 Å². The Balaban J connectivity index is 2.15. The van der Waals surface area contributed by atoms with Gasteiger partial charge in [0.25, 0.3) is 0 Å². The predicted octanol–water partition coefficient (Wildman–Crippen LogP) is 3.58. The molecule has 1 aliphatic rings. The summed E-state index contributed by atoms with van der Waals surface area (Å²) in [7, 11) is 4.16. The highest BCUT2D eigenvalue weighted by atomic mass is 15.1. The minimum absolute atomic E-state index is 0.648. The van der Waals surface area contributed by atoms with E-state index in [9.17, 15) is 0 Å². The van der Waals surface area contributed by atoms with Gasteiger partial charge in [0.1, 0.15) is 0 Å². The lowest BCUT2D eigenvalue weighted by Crippen LogP contribution is -2.08. The summed E-state index contributed by atoms with van der Waals surface area (Å²) in [5.41, 5.74) is 2.73. The summed E-state index contributed by atoms with van der Waals surface area (Å²) >= 11 is 0. The molecule has 1 aliphatic carbocycles. The number of hydrogen-bond donors (Lipinski definition) is 0. The molecule has 0 bridgehead atoms. The summed E-state index contributed by atoms with van der Waals surface area (Å²) in [6, 6.07) is 8.93. The van der Waals surface area contributed by atoms with Gasteiger partial charge in [-0.25, -0.2) is 0 Å². The Morgan fingerprint density at radius 1 is 1.13 bits per heavy atom. The van der Waals surface area contributed by atoms with Crippen LogP contribution >= 0.6 is 0 Å². The van der Waals surface area contributed by atoms with Crippen molar-refractivity contribution < 1.29 is 0 Å². The summed E-state index contributed by atoms with van der Waals surface area (Å²) in [4.78, 5) is 2.14. The Morgan fingerprint density at radius 3 is 2.40 bits per heavy atom. The molecule has 0 N–H and O–H groups in total. The molecule has 2 rings (SSSR count). The fourth-order valence-electron chi connectivity index (χ4n) is 2.11. The van der Waals surface area contributed by atoms with Crippen molar-refractivity contribution in [3.8, 4) is 0 Å². The highest BCUT2D eigenvalue weighted by Crippen LogP contribution is 2.28. The monoisotopic (exact) mass is 201 g/mol. The zero-order valence-corrected chi connectivity index (χ0v) is 9.61. The molecule has 1 unspecified atom stereocenters. The molecule has 15 heavy (non-hydrogen) atoms. The predicted molar refractivity (Wildman–Crippen MR) is 66.5 cm³/mol. The van der Waals surface area contributed by atoms with Crippen molar-refractivity contribution in [2.75, 3.05) is 19.0 Å². The first-order chi connectivity index (χ1) is 7.27. The number of nitrogens with zero attached hydrogens (tertiary/aromatic N) is 1. The maximum atomic E-state index is 2.36. The Hall–Kier alpha value is -1.24. The summed E-state index contributed by atoms with van der Waals surface area (Å²) < 4.78 is 0. The molecule has 0 heterocycles. The second-order valence-electron chi connectivity index (χ2n) is 4.45. The van der Waals surface area contributed by atoms with Crippen LogP contribution in [0.4, 0.5) is 5.69 Å². The molecule has 0 spiro atoms. The number of hydrogen-bond acceptors (Lipinski definition) is 1. The van der Waals surface area contributed by atoms with Crippen LogP contribution in [0.1, 0.15) is 30.7 Å². The first kappa shape index (κ1) is 10.3. The second kappa shape index (κ2) is 4.52. The molecule has 0 amide bonds. The molecule has 0 saturated heterocycles. The van der Waals surface area contributed by atoms with E-state index in [1.807, 2.05) is 0 Å². The van der Waals surface area contributed by atoms with E-state index in [1.54, 1.807) is 0 Å². The number of allylic oxidation sites excluding steroid dienone is 2. The van der Waals surface area contributed by atoms with Crippen molar-refractivity contribution in [1.82, 2.24) is 0 Å². The zero-order valence-electron chi connectivity index (χ0n) is 9.61. The van der Waals surface area contributed by atoms with Gasteiger partial charge in [0.15, 0.2) is 0 Å². The third kappa shape index (κ3) is 2.41. The average molecular weight is 201 g/mol. The van der Waals surface area contributed by atoms with E-state index >= 15 is 0 Å². The lowest BCUT2D eigenvalue weighted by Gasteiger charge is -2.18. The van der Waals surface area contributed by atoms with Crippen LogP contribution in [-0.2, 0) is 0 Å². The first-order valence-corrected chi connectivity index (χ1v) is 5.71. The maximum absolute atomic E-state index is 2.36. The van der Waals surface area contributed by atoms with Crippen LogP contribution < -0.4 is 4.90 Å². The third-order valence-corrected chi connectivity index (χ3v) is 3.09. The quantitative estimate of drug-likeness (QED) is 0.661. The van der Waals surface area contributed by atoms with Crippen molar-refractivity contribution in [2.24, 2.45) is 0 Å². The van der Waals surface area contributed by atoms with Crippen LogP contribution in [0.25, 0.3) is 0 Å². The second-order valence-corrected chi connectivity index (χ2v) is 4.45. The topological polar surface area (TPSA) is 3.24 Å². The Morgan fingerprint density at radius 2 is 1.87 bits per heavy atom. The van der Waals surface area contributed by atoms with Gasteiger partial charge in [-0.05, 0) is 37.0 Å². The van der Waals surface area contributed by atoms with Gasteiger partial charge < -0.3 is 4.90 Å². The minimum atomic E-state index is 0.648.